The zero-order chi connectivity index (χ0) is 14.6. The van der Waals surface area contributed by atoms with Crippen molar-refractivity contribution in [2.45, 2.75) is 26.3 Å². The Bertz CT molecular complexity index is 496. The highest BCUT2D eigenvalue weighted by Crippen LogP contribution is 2.18. The summed E-state index contributed by atoms with van der Waals surface area (Å²) in [5, 5.41) is 11.6. The summed E-state index contributed by atoms with van der Waals surface area (Å²) in [5.74, 6) is -1.80. The van der Waals surface area contributed by atoms with Gasteiger partial charge in [0.15, 0.2) is 0 Å². The molecule has 0 saturated heterocycles. The Kier molecular flexibility index (Phi) is 5.75. The average molecular weight is 350 g/mol. The minimum Gasteiger partial charge on any atom is -0.480 e. The number of nitrogens with zero attached hydrogens (tertiary/aromatic N) is 1. The fourth-order valence-corrected chi connectivity index (χ4v) is 2.00. The van der Waals surface area contributed by atoms with E-state index in [0.29, 0.717) is 10.9 Å². The van der Waals surface area contributed by atoms with Crippen molar-refractivity contribution < 1.29 is 14.7 Å². The smallest absolute Gasteiger partial charge is 0.326 e. The zero-order valence-electron chi connectivity index (χ0n) is 10.5. The molecule has 0 aliphatic heterocycles. The molecule has 1 heterocycles. The molecule has 0 radical (unpaired) electrons. The quantitative estimate of drug-likeness (QED) is 0.801. The number of halogens is 2. The second-order valence-corrected chi connectivity index (χ2v) is 5.44. The summed E-state index contributed by atoms with van der Waals surface area (Å²) >= 11 is 9.01. The van der Waals surface area contributed by atoms with Crippen molar-refractivity contribution in [2.75, 3.05) is 0 Å². The monoisotopic (exact) mass is 348 g/mol. The molecule has 5 nitrogen and oxygen atoms in total. The maximum absolute atomic E-state index is 12.0. The highest BCUT2D eigenvalue weighted by atomic mass is 79.9. The molecule has 19 heavy (non-hydrogen) atoms. The largest absolute Gasteiger partial charge is 0.480 e. The van der Waals surface area contributed by atoms with Crippen LogP contribution >= 0.6 is 27.5 Å². The van der Waals surface area contributed by atoms with Crippen molar-refractivity contribution in [3.05, 3.63) is 27.5 Å². The first-order chi connectivity index (χ1) is 8.86. The van der Waals surface area contributed by atoms with Crippen molar-refractivity contribution in [1.82, 2.24) is 10.3 Å². The fraction of sp³-hybridized carbons (Fsp3) is 0.417. The van der Waals surface area contributed by atoms with Crippen LogP contribution in [0.3, 0.4) is 0 Å². The third kappa shape index (κ3) is 4.18. The Labute approximate surface area is 124 Å². The van der Waals surface area contributed by atoms with Gasteiger partial charge in [0.1, 0.15) is 11.2 Å². The molecule has 0 aliphatic rings. The number of aliphatic carboxylic acids is 1. The van der Waals surface area contributed by atoms with Crippen LogP contribution in [-0.4, -0.2) is 28.0 Å². The molecule has 0 spiro atoms. The van der Waals surface area contributed by atoms with Gasteiger partial charge in [0.25, 0.3) is 5.91 Å². The predicted octanol–water partition coefficient (Wildman–Crippen LogP) is 2.73. The average Bonchev–Trinajstić information content (AvgIpc) is 2.37. The number of hydrogen-bond donors (Lipinski definition) is 2. The van der Waals surface area contributed by atoms with Crippen molar-refractivity contribution >= 4 is 39.4 Å². The standard InChI is InChI=1S/C12H14BrClN2O3/c1-3-6(2)9(12(18)19)16-11(17)8-4-7(13)5-15-10(8)14/h4-6,9H,3H2,1-2H3,(H,16,17)(H,18,19). The number of hydrogen-bond acceptors (Lipinski definition) is 3. The number of carbonyl (C=O) groups is 2. The maximum Gasteiger partial charge on any atom is 0.326 e. The Balaban J connectivity index is 2.94. The number of carbonyl (C=O) groups excluding carboxylic acids is 1. The molecule has 2 atom stereocenters. The molecule has 1 aromatic rings. The number of carboxylic acid groups (broad SMARTS) is 1. The van der Waals surface area contributed by atoms with E-state index in [9.17, 15) is 9.59 Å². The van der Waals surface area contributed by atoms with Crippen LogP contribution in [0.2, 0.25) is 5.15 Å². The van der Waals surface area contributed by atoms with E-state index >= 15 is 0 Å². The summed E-state index contributed by atoms with van der Waals surface area (Å²) in [6.45, 7) is 3.63. The van der Waals surface area contributed by atoms with Crippen molar-refractivity contribution in [1.29, 1.82) is 0 Å². The van der Waals surface area contributed by atoms with Crippen LogP contribution in [0.5, 0.6) is 0 Å². The molecule has 2 unspecified atom stereocenters. The lowest BCUT2D eigenvalue weighted by Gasteiger charge is -2.20. The minimum absolute atomic E-state index is 0.0361. The Morgan fingerprint density at radius 2 is 2.21 bits per heavy atom. The summed E-state index contributed by atoms with van der Waals surface area (Å²) in [7, 11) is 0. The van der Waals surface area contributed by atoms with Crippen LogP contribution in [0.15, 0.2) is 16.7 Å². The van der Waals surface area contributed by atoms with E-state index < -0.39 is 17.9 Å². The molecule has 1 rings (SSSR count). The van der Waals surface area contributed by atoms with Gasteiger partial charge in [0.05, 0.1) is 5.56 Å². The molecule has 1 aromatic heterocycles. The molecule has 0 saturated carbocycles. The van der Waals surface area contributed by atoms with Gasteiger partial charge in [0, 0.05) is 10.7 Å². The lowest BCUT2D eigenvalue weighted by atomic mass is 9.99. The van der Waals surface area contributed by atoms with Gasteiger partial charge >= 0.3 is 5.97 Å². The Hall–Kier alpha value is -1.14. The zero-order valence-corrected chi connectivity index (χ0v) is 12.8. The molecule has 1 amide bonds. The summed E-state index contributed by atoms with van der Waals surface area (Å²) in [5.41, 5.74) is 0.144. The van der Waals surface area contributed by atoms with E-state index in [1.807, 2.05) is 6.92 Å². The molecule has 0 bridgehead atoms. The summed E-state index contributed by atoms with van der Waals surface area (Å²) < 4.78 is 0.595. The van der Waals surface area contributed by atoms with Gasteiger partial charge in [-0.25, -0.2) is 9.78 Å². The lowest BCUT2D eigenvalue weighted by molar-refractivity contribution is -0.140. The number of carboxylic acids is 1. The van der Waals surface area contributed by atoms with Crippen LogP contribution in [0.4, 0.5) is 0 Å². The van der Waals surface area contributed by atoms with Gasteiger partial charge in [-0.05, 0) is 27.9 Å². The number of pyridine rings is 1. The maximum atomic E-state index is 12.0. The van der Waals surface area contributed by atoms with E-state index in [2.05, 4.69) is 26.2 Å². The van der Waals surface area contributed by atoms with Crippen molar-refractivity contribution in [2.24, 2.45) is 5.92 Å². The SMILES string of the molecule is CCC(C)C(NC(=O)c1cc(Br)cnc1Cl)C(=O)O. The first kappa shape index (κ1) is 15.9. The van der Waals surface area contributed by atoms with Gasteiger partial charge in [-0.3, -0.25) is 4.79 Å². The van der Waals surface area contributed by atoms with E-state index in [0.717, 1.165) is 0 Å². The number of rotatable bonds is 5. The molecule has 104 valence electrons. The fourth-order valence-electron chi connectivity index (χ4n) is 1.48. The molecule has 2 N–H and O–H groups in total. The van der Waals surface area contributed by atoms with Gasteiger partial charge in [-0.2, -0.15) is 0 Å². The van der Waals surface area contributed by atoms with Crippen LogP contribution in [0, 0.1) is 5.92 Å². The van der Waals surface area contributed by atoms with Crippen LogP contribution in [0.25, 0.3) is 0 Å². The topological polar surface area (TPSA) is 79.3 Å². The van der Waals surface area contributed by atoms with E-state index in [1.165, 1.54) is 12.3 Å². The first-order valence-corrected chi connectivity index (χ1v) is 6.88. The van der Waals surface area contributed by atoms with Crippen molar-refractivity contribution in [3.63, 3.8) is 0 Å². The van der Waals surface area contributed by atoms with Crippen LogP contribution in [-0.2, 0) is 4.79 Å². The molecule has 0 aliphatic carbocycles. The van der Waals surface area contributed by atoms with Crippen molar-refractivity contribution in [3.8, 4) is 0 Å². The highest BCUT2D eigenvalue weighted by Gasteiger charge is 2.26. The Morgan fingerprint density at radius 1 is 1.58 bits per heavy atom. The van der Waals surface area contributed by atoms with E-state index in [4.69, 9.17) is 16.7 Å². The van der Waals surface area contributed by atoms with Gasteiger partial charge < -0.3 is 10.4 Å². The second-order valence-electron chi connectivity index (χ2n) is 4.17. The second kappa shape index (κ2) is 6.86. The molecule has 0 aromatic carbocycles. The van der Waals surface area contributed by atoms with Gasteiger partial charge in [0.2, 0.25) is 0 Å². The lowest BCUT2D eigenvalue weighted by Crippen LogP contribution is -2.45. The molecule has 7 heteroatoms. The summed E-state index contributed by atoms with van der Waals surface area (Å²) in [6.07, 6.45) is 2.10. The molecular weight excluding hydrogens is 336 g/mol. The number of aromatic nitrogens is 1. The molecular formula is C12H14BrClN2O3. The summed E-state index contributed by atoms with van der Waals surface area (Å²) in [6, 6.07) is 0.549. The van der Waals surface area contributed by atoms with Gasteiger partial charge in [-0.15, -0.1) is 0 Å². The summed E-state index contributed by atoms with van der Waals surface area (Å²) in [4.78, 5) is 27.0. The Morgan fingerprint density at radius 3 is 2.74 bits per heavy atom. The van der Waals surface area contributed by atoms with E-state index in [1.54, 1.807) is 6.92 Å². The minimum atomic E-state index is -1.07. The van der Waals surface area contributed by atoms with Gasteiger partial charge in [-0.1, -0.05) is 31.9 Å². The normalized spacial score (nSPS) is 13.7. The number of nitrogens with one attached hydrogen (secondary N) is 1. The predicted molar refractivity (Wildman–Crippen MR) is 75.3 cm³/mol. The van der Waals surface area contributed by atoms with E-state index in [-0.39, 0.29) is 16.6 Å². The number of amides is 1. The third-order valence-corrected chi connectivity index (χ3v) is 3.55. The highest BCUT2D eigenvalue weighted by molar-refractivity contribution is 9.10. The molecule has 0 fully saturated rings. The first-order valence-electron chi connectivity index (χ1n) is 5.71. The third-order valence-electron chi connectivity index (χ3n) is 2.82. The van der Waals surface area contributed by atoms with Crippen LogP contribution < -0.4 is 5.32 Å². The van der Waals surface area contributed by atoms with Crippen LogP contribution in [0.1, 0.15) is 30.6 Å².